The van der Waals surface area contributed by atoms with E-state index < -0.39 is 5.97 Å². The average molecular weight is 237 g/mol. The van der Waals surface area contributed by atoms with Crippen molar-refractivity contribution in [2.75, 3.05) is 5.32 Å². The van der Waals surface area contributed by atoms with Crippen LogP contribution in [0.3, 0.4) is 0 Å². The molecule has 0 radical (unpaired) electrons. The van der Waals surface area contributed by atoms with Gasteiger partial charge >= 0.3 is 5.97 Å². The number of hydrogen-bond donors (Lipinski definition) is 2. The minimum Gasteiger partial charge on any atom is -0.481 e. The lowest BCUT2D eigenvalue weighted by atomic mass is 10.1. The summed E-state index contributed by atoms with van der Waals surface area (Å²) in [7, 11) is 0. The number of aliphatic carboxylic acids is 1. The van der Waals surface area contributed by atoms with Gasteiger partial charge in [0.1, 0.15) is 12.1 Å². The highest BCUT2D eigenvalue weighted by Crippen LogP contribution is 2.14. The number of nitrogens with one attached hydrogen (secondary N) is 1. The van der Waals surface area contributed by atoms with Crippen LogP contribution in [0.1, 0.15) is 45.2 Å². The Balaban J connectivity index is 2.55. The molecule has 0 fully saturated rings. The summed E-state index contributed by atoms with van der Waals surface area (Å²) in [5, 5.41) is 11.8. The molecule has 1 aromatic heterocycles. The van der Waals surface area contributed by atoms with E-state index >= 15 is 0 Å². The lowest BCUT2D eigenvalue weighted by molar-refractivity contribution is -0.137. The average Bonchev–Trinajstić information content (AvgIpc) is 2.26. The number of carboxylic acid groups (broad SMARTS) is 1. The van der Waals surface area contributed by atoms with Crippen molar-refractivity contribution in [3.63, 3.8) is 0 Å². The summed E-state index contributed by atoms with van der Waals surface area (Å²) < 4.78 is 0. The summed E-state index contributed by atoms with van der Waals surface area (Å²) >= 11 is 0. The molecule has 0 aromatic carbocycles. The first-order chi connectivity index (χ1) is 7.99. The van der Waals surface area contributed by atoms with Crippen LogP contribution in [0, 0.1) is 0 Å². The Labute approximate surface area is 101 Å². The first-order valence-corrected chi connectivity index (χ1v) is 5.79. The van der Waals surface area contributed by atoms with Crippen LogP contribution >= 0.6 is 0 Å². The van der Waals surface area contributed by atoms with Gasteiger partial charge in [-0.25, -0.2) is 9.97 Å². The number of rotatable bonds is 6. The number of carbonyl (C=O) groups is 1. The second-order valence-electron chi connectivity index (χ2n) is 4.46. The van der Waals surface area contributed by atoms with Crippen LogP contribution in [-0.4, -0.2) is 27.1 Å². The molecule has 1 unspecified atom stereocenters. The van der Waals surface area contributed by atoms with Crippen molar-refractivity contribution in [3.8, 4) is 0 Å². The third-order valence-corrected chi connectivity index (χ3v) is 2.47. The van der Waals surface area contributed by atoms with E-state index in [9.17, 15) is 4.79 Å². The maximum Gasteiger partial charge on any atom is 0.303 e. The summed E-state index contributed by atoms with van der Waals surface area (Å²) in [6, 6.07) is 1.99. The van der Waals surface area contributed by atoms with E-state index in [1.54, 1.807) is 0 Å². The Hall–Kier alpha value is -1.65. The largest absolute Gasteiger partial charge is 0.481 e. The van der Waals surface area contributed by atoms with Crippen LogP contribution in [0.2, 0.25) is 0 Å². The molecule has 17 heavy (non-hydrogen) atoms. The second-order valence-corrected chi connectivity index (χ2v) is 4.46. The highest BCUT2D eigenvalue weighted by molar-refractivity contribution is 5.66. The molecule has 0 aliphatic rings. The van der Waals surface area contributed by atoms with Crippen molar-refractivity contribution in [1.29, 1.82) is 0 Å². The molecule has 2 N–H and O–H groups in total. The molecule has 0 aliphatic heterocycles. The highest BCUT2D eigenvalue weighted by Gasteiger charge is 2.07. The Morgan fingerprint density at radius 2 is 2.12 bits per heavy atom. The predicted octanol–water partition coefficient (Wildman–Crippen LogP) is 2.27. The molecule has 5 heteroatoms. The van der Waals surface area contributed by atoms with Crippen LogP contribution in [0.5, 0.6) is 0 Å². The van der Waals surface area contributed by atoms with Crippen LogP contribution < -0.4 is 5.32 Å². The van der Waals surface area contributed by atoms with Crippen molar-refractivity contribution in [3.05, 3.63) is 18.1 Å². The summed E-state index contributed by atoms with van der Waals surface area (Å²) in [6.45, 7) is 6.08. The fraction of sp³-hybridized carbons (Fsp3) is 0.583. The molecule has 0 saturated carbocycles. The van der Waals surface area contributed by atoms with Crippen molar-refractivity contribution >= 4 is 11.8 Å². The molecule has 1 heterocycles. The number of aromatic nitrogens is 2. The van der Waals surface area contributed by atoms with Crippen LogP contribution in [0.25, 0.3) is 0 Å². The quantitative estimate of drug-likeness (QED) is 0.793. The first kappa shape index (κ1) is 13.4. The molecule has 0 aliphatic carbocycles. The normalized spacial score (nSPS) is 12.5. The van der Waals surface area contributed by atoms with Crippen molar-refractivity contribution in [1.82, 2.24) is 9.97 Å². The van der Waals surface area contributed by atoms with Crippen molar-refractivity contribution in [2.24, 2.45) is 0 Å². The Kier molecular flexibility index (Phi) is 4.87. The lowest BCUT2D eigenvalue weighted by Gasteiger charge is -2.14. The van der Waals surface area contributed by atoms with Crippen LogP contribution in [0.15, 0.2) is 12.4 Å². The van der Waals surface area contributed by atoms with Gasteiger partial charge in [0.15, 0.2) is 0 Å². The molecular formula is C12H19N3O2. The summed E-state index contributed by atoms with van der Waals surface area (Å²) in [5.74, 6) is 0.332. The minimum absolute atomic E-state index is 0.0843. The van der Waals surface area contributed by atoms with E-state index in [2.05, 4.69) is 29.1 Å². The second kappa shape index (κ2) is 6.18. The monoisotopic (exact) mass is 237 g/mol. The smallest absolute Gasteiger partial charge is 0.303 e. The topological polar surface area (TPSA) is 75.1 Å². The van der Waals surface area contributed by atoms with E-state index in [1.807, 2.05) is 13.0 Å². The molecular weight excluding hydrogens is 218 g/mol. The first-order valence-electron chi connectivity index (χ1n) is 5.79. The van der Waals surface area contributed by atoms with Crippen LogP contribution in [-0.2, 0) is 4.79 Å². The van der Waals surface area contributed by atoms with E-state index in [0.717, 1.165) is 11.5 Å². The number of nitrogens with zero attached hydrogens (tertiary/aromatic N) is 2. The van der Waals surface area contributed by atoms with E-state index in [-0.39, 0.29) is 12.5 Å². The zero-order valence-corrected chi connectivity index (χ0v) is 10.5. The van der Waals surface area contributed by atoms with Gasteiger partial charge in [0.25, 0.3) is 0 Å². The molecule has 0 spiro atoms. The van der Waals surface area contributed by atoms with Gasteiger partial charge in [-0.05, 0) is 19.3 Å². The van der Waals surface area contributed by atoms with Gasteiger partial charge in [-0.1, -0.05) is 13.8 Å². The molecule has 0 amide bonds. The summed E-state index contributed by atoms with van der Waals surface area (Å²) in [5.41, 5.74) is 0.980. The molecule has 5 nitrogen and oxygen atoms in total. The minimum atomic E-state index is -0.774. The van der Waals surface area contributed by atoms with Gasteiger partial charge in [0, 0.05) is 24.2 Å². The Bertz CT molecular complexity index is 380. The predicted molar refractivity (Wildman–Crippen MR) is 66.1 cm³/mol. The molecule has 1 rings (SSSR count). The third-order valence-electron chi connectivity index (χ3n) is 2.47. The Morgan fingerprint density at radius 3 is 2.71 bits per heavy atom. The van der Waals surface area contributed by atoms with Gasteiger partial charge in [-0.15, -0.1) is 0 Å². The summed E-state index contributed by atoms with van der Waals surface area (Å²) in [6.07, 6.45) is 2.27. The molecule has 0 bridgehead atoms. The Morgan fingerprint density at radius 1 is 1.41 bits per heavy atom. The van der Waals surface area contributed by atoms with Gasteiger partial charge in [-0.2, -0.15) is 0 Å². The van der Waals surface area contributed by atoms with Crippen molar-refractivity contribution in [2.45, 2.75) is 45.6 Å². The molecule has 1 aromatic rings. The SMILES string of the molecule is CC(CCC(=O)O)Nc1cc(C(C)C)ncn1. The van der Waals surface area contributed by atoms with Gasteiger partial charge in [0.2, 0.25) is 0 Å². The number of hydrogen-bond acceptors (Lipinski definition) is 4. The van der Waals surface area contributed by atoms with E-state index in [4.69, 9.17) is 5.11 Å². The third kappa shape index (κ3) is 4.80. The standard InChI is InChI=1S/C12H19N3O2/c1-8(2)10-6-11(14-7-13-10)15-9(3)4-5-12(16)17/h6-9H,4-5H2,1-3H3,(H,16,17)(H,13,14,15). The molecule has 1 atom stereocenters. The highest BCUT2D eigenvalue weighted by atomic mass is 16.4. The van der Waals surface area contributed by atoms with E-state index in [1.165, 1.54) is 6.33 Å². The maximum absolute atomic E-state index is 10.4. The molecule has 94 valence electrons. The van der Waals surface area contributed by atoms with Crippen LogP contribution in [0.4, 0.5) is 5.82 Å². The fourth-order valence-electron chi connectivity index (χ4n) is 1.43. The lowest BCUT2D eigenvalue weighted by Crippen LogP contribution is -2.17. The zero-order valence-electron chi connectivity index (χ0n) is 10.5. The van der Waals surface area contributed by atoms with Gasteiger partial charge in [-0.3, -0.25) is 4.79 Å². The zero-order chi connectivity index (χ0) is 12.8. The van der Waals surface area contributed by atoms with Gasteiger partial charge < -0.3 is 10.4 Å². The maximum atomic E-state index is 10.4. The van der Waals surface area contributed by atoms with Crippen molar-refractivity contribution < 1.29 is 9.90 Å². The van der Waals surface area contributed by atoms with Gasteiger partial charge in [0.05, 0.1) is 0 Å². The van der Waals surface area contributed by atoms with E-state index in [0.29, 0.717) is 12.3 Å². The number of anilines is 1. The fourth-order valence-corrected chi connectivity index (χ4v) is 1.43. The summed E-state index contributed by atoms with van der Waals surface area (Å²) in [4.78, 5) is 18.7. The molecule has 0 saturated heterocycles. The number of carboxylic acids is 1.